The maximum Gasteiger partial charge on any atom is 0.271 e. The number of aromatic nitrogens is 3. The van der Waals surface area contributed by atoms with E-state index in [9.17, 15) is 4.79 Å². The Morgan fingerprint density at radius 1 is 1.20 bits per heavy atom. The smallest absolute Gasteiger partial charge is 0.271 e. The second-order valence-corrected chi connectivity index (χ2v) is 4.27. The van der Waals surface area contributed by atoms with Crippen molar-refractivity contribution in [2.75, 3.05) is 12.4 Å². The number of hydrogen-bond acceptors (Lipinski definition) is 5. The number of amides is 1. The molecule has 1 amide bonds. The number of nitrogens with one attached hydrogen (secondary N) is 2. The molecule has 0 radical (unpaired) electrons. The molecule has 20 heavy (non-hydrogen) atoms. The van der Waals surface area contributed by atoms with Crippen molar-refractivity contribution in [1.29, 1.82) is 0 Å². The van der Waals surface area contributed by atoms with Crippen LogP contribution in [0.1, 0.15) is 35.4 Å². The minimum absolute atomic E-state index is 0.137. The summed E-state index contributed by atoms with van der Waals surface area (Å²) in [4.78, 5) is 15.4. The summed E-state index contributed by atoms with van der Waals surface area (Å²) in [5.74, 6) is 0.395. The molecule has 2 aromatic rings. The van der Waals surface area contributed by atoms with Crippen molar-refractivity contribution < 1.29 is 4.79 Å². The Balaban J connectivity index is 2.10. The van der Waals surface area contributed by atoms with E-state index in [2.05, 4.69) is 32.7 Å². The average molecular weight is 271 g/mol. The van der Waals surface area contributed by atoms with Crippen LogP contribution in [0.25, 0.3) is 0 Å². The third-order valence-electron chi connectivity index (χ3n) is 2.96. The Bertz CT molecular complexity index is 556. The number of anilines is 1. The van der Waals surface area contributed by atoms with Crippen molar-refractivity contribution in [3.63, 3.8) is 0 Å². The van der Waals surface area contributed by atoms with E-state index in [0.717, 1.165) is 12.0 Å². The van der Waals surface area contributed by atoms with Gasteiger partial charge in [-0.25, -0.2) is 0 Å². The highest BCUT2D eigenvalue weighted by molar-refractivity contribution is 5.91. The maximum atomic E-state index is 11.4. The van der Waals surface area contributed by atoms with Gasteiger partial charge in [0.2, 0.25) is 0 Å². The summed E-state index contributed by atoms with van der Waals surface area (Å²) < 4.78 is 0. The van der Waals surface area contributed by atoms with E-state index < -0.39 is 0 Å². The van der Waals surface area contributed by atoms with Gasteiger partial charge in [0, 0.05) is 19.4 Å². The maximum absolute atomic E-state index is 11.4. The minimum Gasteiger partial charge on any atom is -0.362 e. The number of rotatable bonds is 5. The summed E-state index contributed by atoms with van der Waals surface area (Å²) in [6.07, 6.45) is 4.43. The molecule has 1 unspecified atom stereocenters. The van der Waals surface area contributed by atoms with Crippen LogP contribution in [-0.2, 0) is 0 Å². The molecule has 0 saturated heterocycles. The van der Waals surface area contributed by atoms with Gasteiger partial charge in [0.05, 0.1) is 6.04 Å². The molecular weight excluding hydrogens is 254 g/mol. The monoisotopic (exact) mass is 271 g/mol. The molecular formula is C14H17N5O. The molecule has 0 spiro atoms. The molecule has 0 aliphatic rings. The molecule has 2 heterocycles. The highest BCUT2D eigenvalue weighted by Crippen LogP contribution is 2.20. The molecule has 0 aliphatic carbocycles. The summed E-state index contributed by atoms with van der Waals surface area (Å²) in [6.45, 7) is 2.09. The van der Waals surface area contributed by atoms with Crippen molar-refractivity contribution in [2.45, 2.75) is 19.4 Å². The van der Waals surface area contributed by atoms with E-state index in [1.165, 1.54) is 0 Å². The quantitative estimate of drug-likeness (QED) is 0.866. The van der Waals surface area contributed by atoms with E-state index in [0.29, 0.717) is 11.5 Å². The average Bonchev–Trinajstić information content (AvgIpc) is 2.53. The Morgan fingerprint density at radius 2 is 1.95 bits per heavy atom. The van der Waals surface area contributed by atoms with Gasteiger partial charge in [0.25, 0.3) is 5.91 Å². The van der Waals surface area contributed by atoms with Crippen LogP contribution in [0.5, 0.6) is 0 Å². The van der Waals surface area contributed by atoms with Gasteiger partial charge in [-0.2, -0.15) is 0 Å². The van der Waals surface area contributed by atoms with Gasteiger partial charge in [0.1, 0.15) is 5.82 Å². The predicted octanol–water partition coefficient (Wildman–Crippen LogP) is 1.79. The number of pyridine rings is 1. The zero-order chi connectivity index (χ0) is 14.4. The lowest BCUT2D eigenvalue weighted by molar-refractivity contribution is 0.0957. The largest absolute Gasteiger partial charge is 0.362 e. The fourth-order valence-electron chi connectivity index (χ4n) is 1.85. The number of hydrogen-bond donors (Lipinski definition) is 2. The number of carbonyl (C=O) groups excluding carboxylic acids is 1. The molecule has 0 bridgehead atoms. The second kappa shape index (κ2) is 6.60. The lowest BCUT2D eigenvalue weighted by Gasteiger charge is -2.17. The first kappa shape index (κ1) is 13.9. The summed E-state index contributed by atoms with van der Waals surface area (Å²) >= 11 is 0. The molecule has 2 rings (SSSR count). The molecule has 0 fully saturated rings. The van der Waals surface area contributed by atoms with Gasteiger partial charge >= 0.3 is 0 Å². The fraction of sp³-hybridized carbons (Fsp3) is 0.286. The van der Waals surface area contributed by atoms with E-state index in [1.54, 1.807) is 31.6 Å². The lowest BCUT2D eigenvalue weighted by atomic mass is 10.1. The zero-order valence-electron chi connectivity index (χ0n) is 11.5. The standard InChI is InChI=1S/C14H17N5O/c1-3-11(10-6-8-16-9-7-10)17-13-5-4-12(18-19-13)14(20)15-2/h4-9,11H,3H2,1-2H3,(H,15,20)(H,17,19). The molecule has 2 aromatic heterocycles. The van der Waals surface area contributed by atoms with Crippen molar-refractivity contribution >= 4 is 11.7 Å². The Hall–Kier alpha value is -2.50. The molecule has 6 nitrogen and oxygen atoms in total. The van der Waals surface area contributed by atoms with Crippen LogP contribution < -0.4 is 10.6 Å². The molecule has 6 heteroatoms. The molecule has 2 N–H and O–H groups in total. The van der Waals surface area contributed by atoms with Gasteiger partial charge in [-0.1, -0.05) is 6.92 Å². The van der Waals surface area contributed by atoms with Crippen LogP contribution in [0.3, 0.4) is 0 Å². The first-order valence-corrected chi connectivity index (χ1v) is 6.47. The third kappa shape index (κ3) is 3.28. The fourth-order valence-corrected chi connectivity index (χ4v) is 1.85. The van der Waals surface area contributed by atoms with Crippen LogP contribution in [0, 0.1) is 0 Å². The van der Waals surface area contributed by atoms with E-state index in [-0.39, 0.29) is 11.9 Å². The van der Waals surface area contributed by atoms with Crippen molar-refractivity contribution in [3.8, 4) is 0 Å². The van der Waals surface area contributed by atoms with Crippen molar-refractivity contribution in [3.05, 3.63) is 47.9 Å². The van der Waals surface area contributed by atoms with Gasteiger partial charge in [0.15, 0.2) is 5.69 Å². The van der Waals surface area contributed by atoms with E-state index in [1.807, 2.05) is 12.1 Å². The first-order chi connectivity index (χ1) is 9.74. The Kier molecular flexibility index (Phi) is 4.60. The Labute approximate surface area is 117 Å². The van der Waals surface area contributed by atoms with Crippen molar-refractivity contribution in [2.24, 2.45) is 0 Å². The second-order valence-electron chi connectivity index (χ2n) is 4.27. The summed E-state index contributed by atoms with van der Waals surface area (Å²) in [6, 6.07) is 7.47. The van der Waals surface area contributed by atoms with Crippen LogP contribution >= 0.6 is 0 Å². The normalized spacial score (nSPS) is 11.7. The van der Waals surface area contributed by atoms with E-state index >= 15 is 0 Å². The van der Waals surface area contributed by atoms with Gasteiger partial charge < -0.3 is 10.6 Å². The SMILES string of the molecule is CCC(Nc1ccc(C(=O)NC)nn1)c1ccncc1. The first-order valence-electron chi connectivity index (χ1n) is 6.47. The molecule has 104 valence electrons. The number of nitrogens with zero attached hydrogens (tertiary/aromatic N) is 3. The van der Waals surface area contributed by atoms with Crippen LogP contribution in [0.15, 0.2) is 36.7 Å². The molecule has 1 atom stereocenters. The molecule has 0 aliphatic heterocycles. The summed E-state index contributed by atoms with van der Waals surface area (Å²) in [5.41, 5.74) is 1.44. The summed E-state index contributed by atoms with van der Waals surface area (Å²) in [5, 5.41) is 13.7. The topological polar surface area (TPSA) is 79.8 Å². The van der Waals surface area contributed by atoms with Crippen LogP contribution in [-0.4, -0.2) is 28.1 Å². The van der Waals surface area contributed by atoms with Crippen LogP contribution in [0.4, 0.5) is 5.82 Å². The van der Waals surface area contributed by atoms with Crippen LogP contribution in [0.2, 0.25) is 0 Å². The van der Waals surface area contributed by atoms with Crippen molar-refractivity contribution in [1.82, 2.24) is 20.5 Å². The van der Waals surface area contributed by atoms with Gasteiger partial charge in [-0.3, -0.25) is 9.78 Å². The van der Waals surface area contributed by atoms with E-state index in [4.69, 9.17) is 0 Å². The molecule has 0 aromatic carbocycles. The van der Waals surface area contributed by atoms with Gasteiger partial charge in [-0.15, -0.1) is 10.2 Å². The predicted molar refractivity (Wildman–Crippen MR) is 76.3 cm³/mol. The van der Waals surface area contributed by atoms with Gasteiger partial charge in [-0.05, 0) is 36.2 Å². The third-order valence-corrected chi connectivity index (χ3v) is 2.96. The molecule has 0 saturated carbocycles. The zero-order valence-corrected chi connectivity index (χ0v) is 11.5. The highest BCUT2D eigenvalue weighted by atomic mass is 16.1. The minimum atomic E-state index is -0.245. The highest BCUT2D eigenvalue weighted by Gasteiger charge is 2.11. The summed E-state index contributed by atoms with van der Waals surface area (Å²) in [7, 11) is 1.56. The number of carbonyl (C=O) groups is 1. The lowest BCUT2D eigenvalue weighted by Crippen LogP contribution is -2.20. The Morgan fingerprint density at radius 3 is 2.50 bits per heavy atom.